The number of hydrogen-bond acceptors (Lipinski definition) is 5. The molecule has 4 aromatic rings. The minimum absolute atomic E-state index is 0.0966. The van der Waals surface area contributed by atoms with E-state index in [0.717, 1.165) is 17.1 Å². The summed E-state index contributed by atoms with van der Waals surface area (Å²) in [5.41, 5.74) is 2.14. The van der Waals surface area contributed by atoms with Crippen LogP contribution in [0, 0.1) is 0 Å². The lowest BCUT2D eigenvalue weighted by Crippen LogP contribution is -2.23. The smallest absolute Gasteiger partial charge is 0.387 e. The zero-order valence-corrected chi connectivity index (χ0v) is 19.1. The highest BCUT2D eigenvalue weighted by Crippen LogP contribution is 2.30. The molecule has 0 fully saturated rings. The van der Waals surface area contributed by atoms with Crippen LogP contribution in [0.5, 0.6) is 5.75 Å². The van der Waals surface area contributed by atoms with Crippen molar-refractivity contribution in [3.8, 4) is 11.4 Å². The molecule has 4 rings (SSSR count). The standard InChI is InChI=1S/C25H22F2N4O2S/c1-17(23(32)28-20-14-8-9-15-21(20)33-24(26)27)34-25-30-29-22(16-18-10-4-2-5-11-18)31(25)19-12-6-3-7-13-19/h2-15,17,24H,16H2,1H3,(H,28,32). The summed E-state index contributed by atoms with van der Waals surface area (Å²) in [4.78, 5) is 12.9. The summed E-state index contributed by atoms with van der Waals surface area (Å²) in [6.45, 7) is -1.27. The van der Waals surface area contributed by atoms with E-state index >= 15 is 0 Å². The number of halogens is 2. The topological polar surface area (TPSA) is 69.0 Å². The van der Waals surface area contributed by atoms with Gasteiger partial charge in [-0.05, 0) is 36.8 Å². The molecule has 6 nitrogen and oxygen atoms in total. The SMILES string of the molecule is CC(Sc1nnc(Cc2ccccc2)n1-c1ccccc1)C(=O)Nc1ccccc1OC(F)F. The number of thioether (sulfide) groups is 1. The number of amides is 1. The maximum atomic E-state index is 12.9. The van der Waals surface area contributed by atoms with Gasteiger partial charge in [-0.15, -0.1) is 10.2 Å². The summed E-state index contributed by atoms with van der Waals surface area (Å²) in [5.74, 6) is 0.270. The van der Waals surface area contributed by atoms with E-state index in [1.54, 1.807) is 19.1 Å². The molecular weight excluding hydrogens is 458 g/mol. The molecule has 1 aromatic heterocycles. The van der Waals surface area contributed by atoms with Crippen molar-refractivity contribution in [2.45, 2.75) is 30.4 Å². The number of carbonyl (C=O) groups excluding carboxylic acids is 1. The van der Waals surface area contributed by atoms with Crippen molar-refractivity contribution in [2.75, 3.05) is 5.32 Å². The molecule has 0 bridgehead atoms. The Balaban J connectivity index is 1.56. The molecule has 1 N–H and O–H groups in total. The minimum atomic E-state index is -2.99. The lowest BCUT2D eigenvalue weighted by Gasteiger charge is -2.15. The molecule has 1 unspecified atom stereocenters. The second-order valence-corrected chi connectivity index (χ2v) is 8.66. The van der Waals surface area contributed by atoms with Crippen molar-refractivity contribution in [1.82, 2.24) is 14.8 Å². The summed E-state index contributed by atoms with van der Waals surface area (Å²) >= 11 is 1.23. The zero-order chi connectivity index (χ0) is 23.9. The number of para-hydroxylation sites is 3. The number of aromatic nitrogens is 3. The summed E-state index contributed by atoms with van der Waals surface area (Å²) in [5, 5.41) is 11.4. The van der Waals surface area contributed by atoms with Crippen LogP contribution in [0.1, 0.15) is 18.3 Å². The molecule has 0 spiro atoms. The molecule has 1 atom stereocenters. The van der Waals surface area contributed by atoms with Crippen LogP contribution in [0.15, 0.2) is 90.1 Å². The first-order valence-electron chi connectivity index (χ1n) is 10.6. The number of anilines is 1. The van der Waals surface area contributed by atoms with Gasteiger partial charge in [-0.1, -0.05) is 72.4 Å². The number of nitrogens with zero attached hydrogens (tertiary/aromatic N) is 3. The quantitative estimate of drug-likeness (QED) is 0.317. The van der Waals surface area contributed by atoms with Crippen LogP contribution >= 0.6 is 11.8 Å². The Labute approximate surface area is 200 Å². The highest BCUT2D eigenvalue weighted by Gasteiger charge is 2.22. The molecule has 0 radical (unpaired) electrons. The lowest BCUT2D eigenvalue weighted by atomic mass is 10.1. The van der Waals surface area contributed by atoms with Crippen molar-refractivity contribution in [1.29, 1.82) is 0 Å². The lowest BCUT2D eigenvalue weighted by molar-refractivity contribution is -0.115. The van der Waals surface area contributed by atoms with Crippen molar-refractivity contribution >= 4 is 23.4 Å². The van der Waals surface area contributed by atoms with Gasteiger partial charge in [0.2, 0.25) is 5.91 Å². The molecule has 0 aliphatic heterocycles. The van der Waals surface area contributed by atoms with Gasteiger partial charge in [0.1, 0.15) is 11.6 Å². The van der Waals surface area contributed by atoms with Crippen molar-refractivity contribution in [2.24, 2.45) is 0 Å². The first-order valence-corrected chi connectivity index (χ1v) is 11.4. The van der Waals surface area contributed by atoms with Crippen LogP contribution in [0.3, 0.4) is 0 Å². The largest absolute Gasteiger partial charge is 0.433 e. The van der Waals surface area contributed by atoms with E-state index in [-0.39, 0.29) is 17.3 Å². The highest BCUT2D eigenvalue weighted by atomic mass is 32.2. The fourth-order valence-electron chi connectivity index (χ4n) is 3.32. The highest BCUT2D eigenvalue weighted by molar-refractivity contribution is 8.00. The molecule has 1 amide bonds. The number of hydrogen-bond donors (Lipinski definition) is 1. The molecule has 9 heteroatoms. The Bertz CT molecular complexity index is 1240. The summed E-state index contributed by atoms with van der Waals surface area (Å²) in [6, 6.07) is 25.7. The molecular formula is C25H22F2N4O2S. The van der Waals surface area contributed by atoms with Gasteiger partial charge in [-0.3, -0.25) is 9.36 Å². The fourth-order valence-corrected chi connectivity index (χ4v) is 4.21. The average Bonchev–Trinajstić information content (AvgIpc) is 3.22. The third-order valence-electron chi connectivity index (χ3n) is 4.93. The first kappa shape index (κ1) is 23.4. The van der Waals surface area contributed by atoms with Crippen LogP contribution in [0.2, 0.25) is 0 Å². The van der Waals surface area contributed by atoms with Crippen LogP contribution < -0.4 is 10.1 Å². The van der Waals surface area contributed by atoms with Gasteiger partial charge in [0.15, 0.2) is 5.16 Å². The van der Waals surface area contributed by atoms with Crippen LogP contribution in [0.25, 0.3) is 5.69 Å². The molecule has 0 aliphatic carbocycles. The van der Waals surface area contributed by atoms with E-state index in [9.17, 15) is 13.6 Å². The van der Waals surface area contributed by atoms with Gasteiger partial charge in [0.25, 0.3) is 0 Å². The Morgan fingerprint density at radius 3 is 2.32 bits per heavy atom. The first-order chi connectivity index (χ1) is 16.5. The van der Waals surface area contributed by atoms with Crippen molar-refractivity contribution < 1.29 is 18.3 Å². The predicted molar refractivity (Wildman–Crippen MR) is 128 cm³/mol. The summed E-state index contributed by atoms with van der Waals surface area (Å²) in [7, 11) is 0. The Hall–Kier alpha value is -3.72. The van der Waals surface area contributed by atoms with Gasteiger partial charge >= 0.3 is 6.61 Å². The Morgan fingerprint density at radius 2 is 1.62 bits per heavy atom. The number of benzene rings is 3. The van der Waals surface area contributed by atoms with Gasteiger partial charge < -0.3 is 10.1 Å². The van der Waals surface area contributed by atoms with E-state index in [4.69, 9.17) is 0 Å². The number of nitrogens with one attached hydrogen (secondary N) is 1. The normalized spacial score (nSPS) is 11.9. The summed E-state index contributed by atoms with van der Waals surface area (Å²) < 4.78 is 31.8. The Morgan fingerprint density at radius 1 is 0.971 bits per heavy atom. The van der Waals surface area contributed by atoms with Gasteiger partial charge in [-0.2, -0.15) is 8.78 Å². The maximum Gasteiger partial charge on any atom is 0.387 e. The molecule has 0 aliphatic rings. The summed E-state index contributed by atoms with van der Waals surface area (Å²) in [6.07, 6.45) is 0.572. The third-order valence-corrected chi connectivity index (χ3v) is 5.97. The van der Waals surface area contributed by atoms with E-state index in [0.29, 0.717) is 11.6 Å². The van der Waals surface area contributed by atoms with E-state index in [2.05, 4.69) is 20.3 Å². The molecule has 0 saturated heterocycles. The monoisotopic (exact) mass is 480 g/mol. The molecule has 34 heavy (non-hydrogen) atoms. The molecule has 174 valence electrons. The van der Waals surface area contributed by atoms with Gasteiger partial charge in [0, 0.05) is 12.1 Å². The second-order valence-electron chi connectivity index (χ2n) is 7.36. The van der Waals surface area contributed by atoms with Crippen LogP contribution in [0.4, 0.5) is 14.5 Å². The number of rotatable bonds is 9. The molecule has 0 saturated carbocycles. The van der Waals surface area contributed by atoms with E-state index in [1.165, 1.54) is 23.9 Å². The molecule has 1 heterocycles. The van der Waals surface area contributed by atoms with E-state index in [1.807, 2.05) is 65.2 Å². The number of carbonyl (C=O) groups is 1. The van der Waals surface area contributed by atoms with Crippen molar-refractivity contribution in [3.63, 3.8) is 0 Å². The van der Waals surface area contributed by atoms with Gasteiger partial charge in [-0.25, -0.2) is 0 Å². The fraction of sp³-hybridized carbons (Fsp3) is 0.160. The predicted octanol–water partition coefficient (Wildman–Crippen LogP) is 5.58. The third kappa shape index (κ3) is 5.79. The number of alkyl halides is 2. The van der Waals surface area contributed by atoms with E-state index < -0.39 is 11.9 Å². The number of ether oxygens (including phenoxy) is 1. The second kappa shape index (κ2) is 10.9. The molecule has 3 aromatic carbocycles. The maximum absolute atomic E-state index is 12.9. The zero-order valence-electron chi connectivity index (χ0n) is 18.3. The van der Waals surface area contributed by atoms with Crippen LogP contribution in [-0.4, -0.2) is 32.5 Å². The average molecular weight is 481 g/mol. The van der Waals surface area contributed by atoms with Crippen LogP contribution in [-0.2, 0) is 11.2 Å². The van der Waals surface area contributed by atoms with Gasteiger partial charge in [0.05, 0.1) is 10.9 Å². The minimum Gasteiger partial charge on any atom is -0.433 e. The van der Waals surface area contributed by atoms with Crippen molar-refractivity contribution in [3.05, 3.63) is 96.3 Å². The Kier molecular flexibility index (Phi) is 7.54.